The van der Waals surface area contributed by atoms with Gasteiger partial charge in [-0.05, 0) is 18.9 Å². The minimum absolute atomic E-state index is 0.0665. The molecule has 1 fully saturated rings. The third kappa shape index (κ3) is 3.13. The van der Waals surface area contributed by atoms with E-state index in [9.17, 15) is 4.79 Å². The van der Waals surface area contributed by atoms with Crippen LogP contribution in [0.15, 0.2) is 12.3 Å². The van der Waals surface area contributed by atoms with E-state index in [1.54, 1.807) is 12.3 Å². The number of nitrogens with one attached hydrogen (secondary N) is 1. The topological polar surface area (TPSA) is 84.1 Å². The molecular weight excluding hydrogens is 250 g/mol. The molecule has 0 bridgehead atoms. The molecule has 2 heterocycles. The van der Waals surface area contributed by atoms with E-state index in [-0.39, 0.29) is 17.4 Å². The summed E-state index contributed by atoms with van der Waals surface area (Å²) in [5, 5.41) is 2.89. The average Bonchev–Trinajstić information content (AvgIpc) is 2.90. The molecule has 0 atom stereocenters. The van der Waals surface area contributed by atoms with Crippen LogP contribution in [0.25, 0.3) is 0 Å². The van der Waals surface area contributed by atoms with Gasteiger partial charge in [-0.15, -0.1) is 0 Å². The molecule has 1 saturated heterocycles. The van der Waals surface area contributed by atoms with E-state index in [2.05, 4.69) is 15.3 Å². The molecule has 0 spiro atoms. The molecule has 18 heavy (non-hydrogen) atoms. The van der Waals surface area contributed by atoms with Crippen LogP contribution < -0.4 is 11.1 Å². The second-order valence-electron chi connectivity index (χ2n) is 4.07. The molecule has 1 aliphatic heterocycles. The van der Waals surface area contributed by atoms with Crippen LogP contribution in [0, 0.1) is 0 Å². The van der Waals surface area contributed by atoms with Crippen molar-refractivity contribution in [3.05, 3.63) is 18.0 Å². The summed E-state index contributed by atoms with van der Waals surface area (Å²) in [5.74, 6) is 0.435. The Bertz CT molecular complexity index is 459. The van der Waals surface area contributed by atoms with Crippen molar-refractivity contribution in [3.8, 4) is 0 Å². The molecule has 3 N–H and O–H groups in total. The van der Waals surface area contributed by atoms with Crippen molar-refractivity contribution in [2.75, 3.05) is 25.0 Å². The van der Waals surface area contributed by atoms with Crippen LogP contribution in [0.5, 0.6) is 0 Å². The van der Waals surface area contributed by atoms with Gasteiger partial charge in [0.1, 0.15) is 10.7 Å². The first-order chi connectivity index (χ1) is 8.66. The lowest BCUT2D eigenvalue weighted by atomic mass is 10.4. The molecule has 0 aromatic carbocycles. The van der Waals surface area contributed by atoms with Crippen molar-refractivity contribution in [2.24, 2.45) is 5.73 Å². The number of rotatable bonds is 4. The zero-order valence-electron chi connectivity index (χ0n) is 9.93. The Morgan fingerprint density at radius 1 is 1.50 bits per heavy atom. The third-order valence-corrected chi connectivity index (χ3v) is 2.97. The number of carbonyl (C=O) groups is 1. The van der Waals surface area contributed by atoms with Crippen molar-refractivity contribution >= 4 is 29.1 Å². The Morgan fingerprint density at radius 2 is 2.22 bits per heavy atom. The van der Waals surface area contributed by atoms with Gasteiger partial charge in [0, 0.05) is 19.3 Å². The zero-order valence-corrected chi connectivity index (χ0v) is 10.7. The van der Waals surface area contributed by atoms with Gasteiger partial charge in [-0.1, -0.05) is 12.2 Å². The van der Waals surface area contributed by atoms with E-state index in [4.69, 9.17) is 18.0 Å². The largest absolute Gasteiger partial charge is 0.388 e. The van der Waals surface area contributed by atoms with Crippen LogP contribution in [-0.2, 0) is 4.79 Å². The lowest BCUT2D eigenvalue weighted by Crippen LogP contribution is -2.33. The Balaban J connectivity index is 1.91. The first kappa shape index (κ1) is 12.7. The van der Waals surface area contributed by atoms with Gasteiger partial charge in [-0.25, -0.2) is 9.97 Å². The van der Waals surface area contributed by atoms with Crippen LogP contribution in [0.2, 0.25) is 0 Å². The molecule has 6 nitrogen and oxygen atoms in total. The van der Waals surface area contributed by atoms with Gasteiger partial charge in [0.2, 0.25) is 11.9 Å². The number of thiocarbonyl (C=S) groups is 1. The molecule has 0 saturated carbocycles. The summed E-state index contributed by atoms with van der Waals surface area (Å²) in [5.41, 5.74) is 5.97. The summed E-state index contributed by atoms with van der Waals surface area (Å²) in [6, 6.07) is 1.63. The van der Waals surface area contributed by atoms with Gasteiger partial charge in [0.15, 0.2) is 0 Å². The summed E-state index contributed by atoms with van der Waals surface area (Å²) in [4.78, 5) is 22.0. The number of hydrogen-bond donors (Lipinski definition) is 2. The summed E-state index contributed by atoms with van der Waals surface area (Å²) in [6.45, 7) is 1.88. The molecule has 1 amide bonds. The number of hydrogen-bond acceptors (Lipinski definition) is 5. The number of nitrogens with zero attached hydrogens (tertiary/aromatic N) is 3. The second kappa shape index (κ2) is 5.72. The monoisotopic (exact) mass is 265 g/mol. The van der Waals surface area contributed by atoms with Crippen LogP contribution in [0.1, 0.15) is 18.5 Å². The highest BCUT2D eigenvalue weighted by molar-refractivity contribution is 7.80. The van der Waals surface area contributed by atoms with E-state index < -0.39 is 0 Å². The fraction of sp³-hybridized carbons (Fsp3) is 0.455. The van der Waals surface area contributed by atoms with E-state index in [1.807, 2.05) is 4.90 Å². The number of aromatic nitrogens is 2. The Hall–Kier alpha value is -1.76. The Kier molecular flexibility index (Phi) is 4.03. The maximum Gasteiger partial charge on any atom is 0.241 e. The molecule has 0 aliphatic carbocycles. The zero-order chi connectivity index (χ0) is 13.0. The van der Waals surface area contributed by atoms with Crippen LogP contribution >= 0.6 is 12.2 Å². The van der Waals surface area contributed by atoms with E-state index in [0.29, 0.717) is 11.6 Å². The number of likely N-dealkylation sites (tertiary alicyclic amines) is 1. The molecule has 1 aromatic rings. The van der Waals surface area contributed by atoms with Gasteiger partial charge in [0.05, 0.1) is 6.54 Å². The summed E-state index contributed by atoms with van der Waals surface area (Å²) >= 11 is 4.83. The molecule has 0 radical (unpaired) electrons. The quantitative estimate of drug-likeness (QED) is 0.754. The highest BCUT2D eigenvalue weighted by Gasteiger charge is 2.17. The van der Waals surface area contributed by atoms with Gasteiger partial charge >= 0.3 is 0 Å². The first-order valence-corrected chi connectivity index (χ1v) is 6.22. The van der Waals surface area contributed by atoms with Gasteiger partial charge in [-0.3, -0.25) is 4.79 Å². The first-order valence-electron chi connectivity index (χ1n) is 5.81. The number of nitrogens with two attached hydrogens (primary N) is 1. The van der Waals surface area contributed by atoms with Crippen LogP contribution in [0.3, 0.4) is 0 Å². The maximum atomic E-state index is 11.8. The summed E-state index contributed by atoms with van der Waals surface area (Å²) in [7, 11) is 0. The predicted octanol–water partition coefficient (Wildman–Crippen LogP) is 0.145. The maximum absolute atomic E-state index is 11.8. The second-order valence-corrected chi connectivity index (χ2v) is 4.51. The minimum atomic E-state index is 0.0665. The van der Waals surface area contributed by atoms with Crippen LogP contribution in [-0.4, -0.2) is 45.4 Å². The van der Waals surface area contributed by atoms with Crippen molar-refractivity contribution in [3.63, 3.8) is 0 Å². The van der Waals surface area contributed by atoms with Crippen LogP contribution in [0.4, 0.5) is 5.95 Å². The van der Waals surface area contributed by atoms with Crippen molar-refractivity contribution in [1.82, 2.24) is 14.9 Å². The normalized spacial score (nSPS) is 14.6. The highest BCUT2D eigenvalue weighted by Crippen LogP contribution is 2.07. The number of anilines is 1. The van der Waals surface area contributed by atoms with Gasteiger partial charge in [-0.2, -0.15) is 0 Å². The fourth-order valence-corrected chi connectivity index (χ4v) is 1.93. The van der Waals surface area contributed by atoms with Crippen molar-refractivity contribution < 1.29 is 4.79 Å². The van der Waals surface area contributed by atoms with E-state index in [1.165, 1.54) is 0 Å². The third-order valence-electron chi connectivity index (χ3n) is 2.76. The SMILES string of the molecule is NC(=S)c1ccnc(NCC(=O)N2CCCC2)n1. The molecule has 1 aliphatic rings. The molecule has 1 aromatic heterocycles. The van der Waals surface area contributed by atoms with Gasteiger partial charge < -0.3 is 16.0 Å². The van der Waals surface area contributed by atoms with Gasteiger partial charge in [0.25, 0.3) is 0 Å². The number of amides is 1. The smallest absolute Gasteiger partial charge is 0.241 e. The molecule has 96 valence electrons. The lowest BCUT2D eigenvalue weighted by Gasteiger charge is -2.15. The highest BCUT2D eigenvalue weighted by atomic mass is 32.1. The van der Waals surface area contributed by atoms with Crippen molar-refractivity contribution in [1.29, 1.82) is 0 Å². The molecule has 0 unspecified atom stereocenters. The molecule has 7 heteroatoms. The standard InChI is InChI=1S/C11H15N5OS/c12-10(18)8-3-4-13-11(15-8)14-7-9(17)16-5-1-2-6-16/h3-4H,1-2,5-7H2,(H2,12,18)(H,13,14,15). The molecular formula is C11H15N5OS. The van der Waals surface area contributed by atoms with E-state index in [0.717, 1.165) is 25.9 Å². The Labute approximate surface area is 111 Å². The fourth-order valence-electron chi connectivity index (χ4n) is 1.81. The predicted molar refractivity (Wildman–Crippen MR) is 72.2 cm³/mol. The minimum Gasteiger partial charge on any atom is -0.388 e. The lowest BCUT2D eigenvalue weighted by molar-refractivity contribution is -0.128. The molecule has 2 rings (SSSR count). The number of carbonyl (C=O) groups excluding carboxylic acids is 1. The average molecular weight is 265 g/mol. The Morgan fingerprint density at radius 3 is 2.89 bits per heavy atom. The summed E-state index contributed by atoms with van der Waals surface area (Å²) in [6.07, 6.45) is 3.72. The van der Waals surface area contributed by atoms with Crippen molar-refractivity contribution in [2.45, 2.75) is 12.8 Å². The summed E-state index contributed by atoms with van der Waals surface area (Å²) < 4.78 is 0. The van der Waals surface area contributed by atoms with E-state index >= 15 is 0 Å².